The van der Waals surface area contributed by atoms with E-state index in [2.05, 4.69) is 54.6 Å². The summed E-state index contributed by atoms with van der Waals surface area (Å²) in [6.07, 6.45) is 0. The number of nitrogens with zero attached hydrogens (tertiary/aromatic N) is 1. The number of rotatable bonds is 1. The highest BCUT2D eigenvalue weighted by Crippen LogP contribution is 2.32. The van der Waals surface area contributed by atoms with Crippen LogP contribution in [0.4, 0.5) is 0 Å². The van der Waals surface area contributed by atoms with Crippen LogP contribution in [0.15, 0.2) is 34.8 Å². The predicted molar refractivity (Wildman–Crippen MR) is 92.0 cm³/mol. The fraction of sp³-hybridized carbons (Fsp3) is 0. The van der Waals surface area contributed by atoms with Gasteiger partial charge in [0.1, 0.15) is 5.82 Å². The van der Waals surface area contributed by atoms with E-state index < -0.39 is 0 Å². The number of H-pyrrole nitrogens is 1. The van der Waals surface area contributed by atoms with Crippen molar-refractivity contribution in [2.24, 2.45) is 0 Å². The monoisotopic (exact) mass is 466 g/mol. The Labute approximate surface area is 141 Å². The number of hydrogen-bond donors (Lipinski definition) is 1. The van der Waals surface area contributed by atoms with Crippen LogP contribution in [0.25, 0.3) is 22.4 Å². The molecule has 6 heteroatoms. The molecule has 19 heavy (non-hydrogen) atoms. The van der Waals surface area contributed by atoms with Gasteiger partial charge in [-0.05, 0) is 52.9 Å². The minimum absolute atomic E-state index is 0.508. The second kappa shape index (κ2) is 5.24. The van der Waals surface area contributed by atoms with E-state index in [0.29, 0.717) is 10.0 Å². The summed E-state index contributed by atoms with van der Waals surface area (Å²) in [6, 6.07) is 9.65. The third-order valence-corrected chi connectivity index (χ3v) is 4.79. The van der Waals surface area contributed by atoms with Gasteiger partial charge in [0.05, 0.1) is 21.1 Å². The van der Waals surface area contributed by atoms with E-state index in [1.807, 2.05) is 12.1 Å². The van der Waals surface area contributed by atoms with Gasteiger partial charge in [-0.3, -0.25) is 0 Å². The van der Waals surface area contributed by atoms with Crippen molar-refractivity contribution in [1.82, 2.24) is 9.97 Å². The van der Waals surface area contributed by atoms with Crippen LogP contribution in [-0.2, 0) is 0 Å². The van der Waals surface area contributed by atoms with Crippen molar-refractivity contribution in [3.05, 3.63) is 48.4 Å². The molecular weight excluding hydrogens is 462 g/mol. The van der Waals surface area contributed by atoms with Crippen LogP contribution in [0.5, 0.6) is 0 Å². The summed E-state index contributed by atoms with van der Waals surface area (Å²) in [5, 5.41) is 1.03. The molecule has 0 saturated carbocycles. The number of aromatic amines is 1. The first kappa shape index (κ1) is 13.7. The fourth-order valence-electron chi connectivity index (χ4n) is 1.81. The van der Waals surface area contributed by atoms with Crippen LogP contribution in [0.2, 0.25) is 10.0 Å². The molecule has 0 fully saturated rings. The Morgan fingerprint density at radius 2 is 1.84 bits per heavy atom. The van der Waals surface area contributed by atoms with E-state index in [9.17, 15) is 0 Å². The van der Waals surface area contributed by atoms with Gasteiger partial charge in [-0.1, -0.05) is 39.1 Å². The van der Waals surface area contributed by atoms with Crippen molar-refractivity contribution in [2.45, 2.75) is 0 Å². The maximum Gasteiger partial charge on any atom is 0.139 e. The number of aromatic nitrogens is 2. The predicted octanol–water partition coefficient (Wildman–Crippen LogP) is 5.90. The zero-order chi connectivity index (χ0) is 13.6. The number of hydrogen-bond acceptors (Lipinski definition) is 1. The van der Waals surface area contributed by atoms with Gasteiger partial charge in [-0.15, -0.1) is 0 Å². The minimum Gasteiger partial charge on any atom is -0.338 e. The van der Waals surface area contributed by atoms with Crippen molar-refractivity contribution < 1.29 is 0 Å². The molecule has 0 aliphatic rings. The summed E-state index contributed by atoms with van der Waals surface area (Å²) in [4.78, 5) is 7.82. The van der Waals surface area contributed by atoms with E-state index in [-0.39, 0.29) is 0 Å². The Kier molecular flexibility index (Phi) is 3.77. The normalized spacial score (nSPS) is 11.2. The van der Waals surface area contributed by atoms with Crippen LogP contribution >= 0.6 is 61.7 Å². The van der Waals surface area contributed by atoms with Crippen molar-refractivity contribution in [3.63, 3.8) is 0 Å². The lowest BCUT2D eigenvalue weighted by Gasteiger charge is -2.01. The highest BCUT2D eigenvalue weighted by atomic mass is 127. The van der Waals surface area contributed by atoms with Gasteiger partial charge in [0.15, 0.2) is 0 Å². The Balaban J connectivity index is 2.23. The molecule has 0 unspecified atom stereocenters. The highest BCUT2D eigenvalue weighted by Gasteiger charge is 2.11. The molecule has 0 aliphatic heterocycles. The molecule has 0 radical (unpaired) electrons. The van der Waals surface area contributed by atoms with E-state index in [0.717, 1.165) is 30.5 Å². The Morgan fingerprint density at radius 1 is 1.11 bits per heavy atom. The average molecular weight is 468 g/mol. The molecule has 0 bridgehead atoms. The lowest BCUT2D eigenvalue weighted by atomic mass is 10.2. The molecule has 0 amide bonds. The molecule has 0 aliphatic carbocycles. The summed E-state index contributed by atoms with van der Waals surface area (Å²) in [7, 11) is 0. The molecular formula is C13H6BrCl2IN2. The number of halogens is 4. The first-order valence-electron chi connectivity index (χ1n) is 5.35. The first-order valence-corrected chi connectivity index (χ1v) is 7.97. The molecule has 0 atom stereocenters. The zero-order valence-corrected chi connectivity index (χ0v) is 14.6. The number of nitrogens with one attached hydrogen (secondary N) is 1. The van der Waals surface area contributed by atoms with Crippen molar-refractivity contribution in [2.75, 3.05) is 0 Å². The minimum atomic E-state index is 0.508. The quantitative estimate of drug-likeness (QED) is 0.443. The molecule has 1 N–H and O–H groups in total. The number of benzene rings is 2. The maximum absolute atomic E-state index is 6.01. The molecule has 3 aromatic rings. The summed E-state index contributed by atoms with van der Waals surface area (Å²) >= 11 is 17.8. The maximum atomic E-state index is 6.01. The Bertz CT molecular complexity index is 747. The molecule has 0 spiro atoms. The van der Waals surface area contributed by atoms with Gasteiger partial charge in [-0.2, -0.15) is 0 Å². The Hall–Kier alpha value is -0.300. The van der Waals surface area contributed by atoms with Crippen LogP contribution in [0, 0.1) is 3.57 Å². The van der Waals surface area contributed by atoms with Crippen LogP contribution in [0.1, 0.15) is 0 Å². The molecule has 3 rings (SSSR count). The largest absolute Gasteiger partial charge is 0.338 e. The van der Waals surface area contributed by atoms with Gasteiger partial charge in [-0.25, -0.2) is 4.98 Å². The van der Waals surface area contributed by atoms with E-state index >= 15 is 0 Å². The third-order valence-electron chi connectivity index (χ3n) is 2.71. The summed E-state index contributed by atoms with van der Waals surface area (Å²) in [5.74, 6) is 0.790. The lowest BCUT2D eigenvalue weighted by molar-refractivity contribution is 1.32. The second-order valence-electron chi connectivity index (χ2n) is 3.99. The highest BCUT2D eigenvalue weighted by molar-refractivity contribution is 14.1. The number of fused-ring (bicyclic) bond motifs is 1. The summed E-state index contributed by atoms with van der Waals surface area (Å²) < 4.78 is 2.14. The summed E-state index contributed by atoms with van der Waals surface area (Å²) in [6.45, 7) is 0. The fourth-order valence-corrected chi connectivity index (χ4v) is 3.06. The van der Waals surface area contributed by atoms with Gasteiger partial charge in [0.25, 0.3) is 0 Å². The molecule has 0 saturated heterocycles. The van der Waals surface area contributed by atoms with Crippen molar-refractivity contribution in [3.8, 4) is 11.4 Å². The van der Waals surface area contributed by atoms with Gasteiger partial charge < -0.3 is 4.98 Å². The molecule has 1 heterocycles. The molecule has 2 aromatic carbocycles. The Morgan fingerprint density at radius 3 is 2.63 bits per heavy atom. The van der Waals surface area contributed by atoms with Crippen molar-refractivity contribution in [1.29, 1.82) is 0 Å². The van der Waals surface area contributed by atoms with E-state index in [4.69, 9.17) is 23.2 Å². The average Bonchev–Trinajstić information content (AvgIpc) is 2.75. The van der Waals surface area contributed by atoms with E-state index in [1.54, 1.807) is 12.1 Å². The zero-order valence-electron chi connectivity index (χ0n) is 9.35. The molecule has 1 aromatic heterocycles. The third kappa shape index (κ3) is 2.63. The molecule has 96 valence electrons. The topological polar surface area (TPSA) is 28.7 Å². The van der Waals surface area contributed by atoms with Gasteiger partial charge >= 0.3 is 0 Å². The number of imidazole rings is 1. The van der Waals surface area contributed by atoms with Crippen LogP contribution in [-0.4, -0.2) is 9.97 Å². The standard InChI is InChI=1S/C13H6BrCl2IN2/c14-8-2-1-6(17)3-7(8)13-18-11-4-9(15)10(16)5-12(11)19-13/h1-5H,(H,18,19). The SMILES string of the molecule is Clc1cc2nc(-c3cc(I)ccc3Br)[nH]c2cc1Cl. The van der Waals surface area contributed by atoms with E-state index in [1.165, 1.54) is 0 Å². The van der Waals surface area contributed by atoms with Crippen LogP contribution in [0.3, 0.4) is 0 Å². The van der Waals surface area contributed by atoms with Gasteiger partial charge in [0.2, 0.25) is 0 Å². The summed E-state index contributed by atoms with van der Waals surface area (Å²) in [5.41, 5.74) is 2.68. The molecule has 2 nitrogen and oxygen atoms in total. The van der Waals surface area contributed by atoms with Gasteiger partial charge in [0, 0.05) is 13.6 Å². The lowest BCUT2D eigenvalue weighted by Crippen LogP contribution is -1.83. The second-order valence-corrected chi connectivity index (χ2v) is 6.91. The smallest absolute Gasteiger partial charge is 0.139 e. The first-order chi connectivity index (χ1) is 9.04. The van der Waals surface area contributed by atoms with Crippen molar-refractivity contribution >= 4 is 72.8 Å². The van der Waals surface area contributed by atoms with Crippen LogP contribution < -0.4 is 0 Å².